The quantitative estimate of drug-likeness (QED) is 0.744. The zero-order valence-electron chi connectivity index (χ0n) is 10.5. The largest absolute Gasteiger partial charge is 0.352 e. The average Bonchev–Trinajstić information content (AvgIpc) is 3.12. The summed E-state index contributed by atoms with van der Waals surface area (Å²) in [6.07, 6.45) is 5.90. The van der Waals surface area contributed by atoms with Crippen molar-refractivity contribution in [2.75, 3.05) is 26.2 Å². The van der Waals surface area contributed by atoms with E-state index >= 15 is 0 Å². The lowest BCUT2D eigenvalue weighted by molar-refractivity contribution is -0.126. The van der Waals surface area contributed by atoms with E-state index in [-0.39, 0.29) is 5.92 Å². The van der Waals surface area contributed by atoms with Gasteiger partial charge in [0.05, 0.1) is 0 Å². The van der Waals surface area contributed by atoms with Crippen LogP contribution in [0.15, 0.2) is 0 Å². The van der Waals surface area contributed by atoms with E-state index in [1.54, 1.807) is 0 Å². The summed E-state index contributed by atoms with van der Waals surface area (Å²) in [7, 11) is 0. The maximum Gasteiger partial charge on any atom is 0.223 e. The summed E-state index contributed by atoms with van der Waals surface area (Å²) in [5.74, 6) is 0.556. The molecule has 0 aromatic carbocycles. The van der Waals surface area contributed by atoms with Gasteiger partial charge >= 0.3 is 0 Å². The zero-order chi connectivity index (χ0) is 11.7. The highest BCUT2D eigenvalue weighted by atomic mass is 16.2. The number of hydrogen-bond acceptors (Lipinski definition) is 3. The number of hydrogen-bond donors (Lipinski definition) is 2. The lowest BCUT2D eigenvalue weighted by Gasteiger charge is -2.24. The fourth-order valence-corrected chi connectivity index (χ4v) is 3.08. The number of carbonyl (C=O) groups is 1. The maximum absolute atomic E-state index is 12.1. The Bertz CT molecular complexity index is 284. The maximum atomic E-state index is 12.1. The SMILES string of the molecule is O=C(NC1CCN(C2CC2)C1)C1CCNCC1. The number of nitrogens with one attached hydrogen (secondary N) is 2. The van der Waals surface area contributed by atoms with Crippen molar-refractivity contribution < 1.29 is 4.79 Å². The minimum atomic E-state index is 0.256. The van der Waals surface area contributed by atoms with E-state index in [4.69, 9.17) is 0 Å². The van der Waals surface area contributed by atoms with Crippen molar-refractivity contribution in [1.82, 2.24) is 15.5 Å². The van der Waals surface area contributed by atoms with Crippen molar-refractivity contribution in [3.05, 3.63) is 0 Å². The van der Waals surface area contributed by atoms with Crippen LogP contribution >= 0.6 is 0 Å². The molecule has 0 aromatic heterocycles. The molecule has 3 fully saturated rings. The molecular weight excluding hydrogens is 214 g/mol. The third-order valence-corrected chi connectivity index (χ3v) is 4.34. The second-order valence-corrected chi connectivity index (χ2v) is 5.74. The van der Waals surface area contributed by atoms with Crippen molar-refractivity contribution in [3.8, 4) is 0 Å². The first-order valence-electron chi connectivity index (χ1n) is 7.08. The van der Waals surface area contributed by atoms with E-state index in [0.29, 0.717) is 11.9 Å². The number of likely N-dealkylation sites (tertiary alicyclic amines) is 1. The highest BCUT2D eigenvalue weighted by Gasteiger charge is 2.35. The van der Waals surface area contributed by atoms with Gasteiger partial charge in [0.1, 0.15) is 0 Å². The molecule has 0 bridgehead atoms. The van der Waals surface area contributed by atoms with Gasteiger partial charge in [-0.25, -0.2) is 0 Å². The van der Waals surface area contributed by atoms with Crippen molar-refractivity contribution in [2.45, 2.75) is 44.2 Å². The summed E-state index contributed by atoms with van der Waals surface area (Å²) in [6, 6.07) is 1.26. The highest BCUT2D eigenvalue weighted by Crippen LogP contribution is 2.29. The number of piperidine rings is 1. The fraction of sp³-hybridized carbons (Fsp3) is 0.923. The molecule has 0 radical (unpaired) electrons. The highest BCUT2D eigenvalue weighted by molar-refractivity contribution is 5.79. The van der Waals surface area contributed by atoms with Crippen LogP contribution in [0.4, 0.5) is 0 Å². The molecule has 96 valence electrons. The zero-order valence-corrected chi connectivity index (χ0v) is 10.5. The van der Waals surface area contributed by atoms with E-state index in [2.05, 4.69) is 15.5 Å². The molecule has 1 atom stereocenters. The molecule has 2 N–H and O–H groups in total. The Hall–Kier alpha value is -0.610. The van der Waals surface area contributed by atoms with E-state index in [1.165, 1.54) is 19.4 Å². The first-order chi connectivity index (χ1) is 8.33. The molecule has 1 amide bonds. The number of nitrogens with zero attached hydrogens (tertiary/aromatic N) is 1. The summed E-state index contributed by atoms with van der Waals surface area (Å²) in [5, 5.41) is 6.56. The lowest BCUT2D eigenvalue weighted by atomic mass is 9.97. The van der Waals surface area contributed by atoms with Gasteiger partial charge in [0.2, 0.25) is 5.91 Å². The fourth-order valence-electron chi connectivity index (χ4n) is 3.08. The van der Waals surface area contributed by atoms with Crippen LogP contribution in [0.25, 0.3) is 0 Å². The van der Waals surface area contributed by atoms with Gasteiger partial charge in [-0.3, -0.25) is 9.69 Å². The van der Waals surface area contributed by atoms with Crippen LogP contribution in [0.5, 0.6) is 0 Å². The van der Waals surface area contributed by atoms with Gasteiger partial charge in [0.15, 0.2) is 0 Å². The molecule has 3 rings (SSSR count). The Morgan fingerprint density at radius 3 is 2.59 bits per heavy atom. The Morgan fingerprint density at radius 2 is 1.88 bits per heavy atom. The first-order valence-corrected chi connectivity index (χ1v) is 7.08. The van der Waals surface area contributed by atoms with Gasteiger partial charge < -0.3 is 10.6 Å². The third kappa shape index (κ3) is 2.80. The topological polar surface area (TPSA) is 44.4 Å². The van der Waals surface area contributed by atoms with Gasteiger partial charge in [-0.15, -0.1) is 0 Å². The second-order valence-electron chi connectivity index (χ2n) is 5.74. The number of carbonyl (C=O) groups excluding carboxylic acids is 1. The molecular formula is C13H23N3O. The smallest absolute Gasteiger partial charge is 0.223 e. The third-order valence-electron chi connectivity index (χ3n) is 4.34. The van der Waals surface area contributed by atoms with Crippen molar-refractivity contribution in [2.24, 2.45) is 5.92 Å². The molecule has 2 aliphatic heterocycles. The van der Waals surface area contributed by atoms with Gasteiger partial charge in [-0.2, -0.15) is 0 Å². The summed E-state index contributed by atoms with van der Waals surface area (Å²) in [5.41, 5.74) is 0. The van der Waals surface area contributed by atoms with Crippen LogP contribution < -0.4 is 10.6 Å². The molecule has 0 aromatic rings. The van der Waals surface area contributed by atoms with Gasteiger partial charge in [-0.05, 0) is 45.2 Å². The molecule has 0 spiro atoms. The van der Waals surface area contributed by atoms with Crippen LogP contribution in [0.2, 0.25) is 0 Å². The van der Waals surface area contributed by atoms with E-state index < -0.39 is 0 Å². The van der Waals surface area contributed by atoms with Crippen molar-refractivity contribution >= 4 is 5.91 Å². The van der Waals surface area contributed by atoms with Crippen LogP contribution in [0, 0.1) is 5.92 Å². The van der Waals surface area contributed by atoms with Crippen LogP contribution in [0.3, 0.4) is 0 Å². The summed E-state index contributed by atoms with van der Waals surface area (Å²) >= 11 is 0. The molecule has 2 saturated heterocycles. The Labute approximate surface area is 103 Å². The van der Waals surface area contributed by atoms with Crippen LogP contribution in [0.1, 0.15) is 32.1 Å². The van der Waals surface area contributed by atoms with Crippen LogP contribution in [-0.2, 0) is 4.79 Å². The average molecular weight is 237 g/mol. The lowest BCUT2D eigenvalue weighted by Crippen LogP contribution is -2.43. The van der Waals surface area contributed by atoms with Crippen molar-refractivity contribution in [3.63, 3.8) is 0 Å². The molecule has 1 aliphatic carbocycles. The monoisotopic (exact) mass is 237 g/mol. The summed E-state index contributed by atoms with van der Waals surface area (Å²) < 4.78 is 0. The van der Waals surface area contributed by atoms with E-state index in [0.717, 1.165) is 44.9 Å². The molecule has 3 aliphatic rings. The molecule has 2 heterocycles. The standard InChI is InChI=1S/C13H23N3O/c17-13(10-3-6-14-7-4-10)15-11-5-8-16(9-11)12-1-2-12/h10-12,14H,1-9H2,(H,15,17). The van der Waals surface area contributed by atoms with Crippen LogP contribution in [-0.4, -0.2) is 49.1 Å². The minimum Gasteiger partial charge on any atom is -0.352 e. The summed E-state index contributed by atoms with van der Waals surface area (Å²) in [6.45, 7) is 4.26. The van der Waals surface area contributed by atoms with E-state index in [9.17, 15) is 4.79 Å². The Morgan fingerprint density at radius 1 is 1.12 bits per heavy atom. The number of amides is 1. The minimum absolute atomic E-state index is 0.256. The van der Waals surface area contributed by atoms with Gasteiger partial charge in [0.25, 0.3) is 0 Å². The van der Waals surface area contributed by atoms with Crippen molar-refractivity contribution in [1.29, 1.82) is 0 Å². The second kappa shape index (κ2) is 4.94. The van der Waals surface area contributed by atoms with Gasteiger partial charge in [-0.1, -0.05) is 0 Å². The summed E-state index contributed by atoms with van der Waals surface area (Å²) in [4.78, 5) is 14.6. The predicted molar refractivity (Wildman–Crippen MR) is 66.7 cm³/mol. The molecule has 17 heavy (non-hydrogen) atoms. The molecule has 4 nitrogen and oxygen atoms in total. The van der Waals surface area contributed by atoms with E-state index in [1.807, 2.05) is 0 Å². The number of rotatable bonds is 3. The predicted octanol–water partition coefficient (Wildman–Crippen LogP) is 0.339. The Kier molecular flexibility index (Phi) is 3.34. The molecule has 1 unspecified atom stereocenters. The Balaban J connectivity index is 1.44. The van der Waals surface area contributed by atoms with Gasteiger partial charge in [0, 0.05) is 31.1 Å². The molecule has 1 saturated carbocycles. The first kappa shape index (κ1) is 11.5. The normalized spacial score (nSPS) is 31.6. The molecule has 4 heteroatoms.